The van der Waals surface area contributed by atoms with Crippen LogP contribution < -0.4 is 10.2 Å². The summed E-state index contributed by atoms with van der Waals surface area (Å²) >= 11 is 0. The second-order valence-electron chi connectivity index (χ2n) is 2.02. The standard InChI is InChI=1S/C7H10N2O2/c1-11-7-2-3-8-6(4-7)5-9-10/h2-4,9-10H,5H2,1H3. The van der Waals surface area contributed by atoms with Gasteiger partial charge in [-0.15, -0.1) is 0 Å². The van der Waals surface area contributed by atoms with Crippen LogP contribution in [0.4, 0.5) is 0 Å². The second kappa shape index (κ2) is 3.90. The third kappa shape index (κ3) is 2.18. The Labute approximate surface area is 64.8 Å². The van der Waals surface area contributed by atoms with Crippen molar-refractivity contribution < 1.29 is 9.94 Å². The van der Waals surface area contributed by atoms with Crippen LogP contribution in [0.25, 0.3) is 0 Å². The number of methoxy groups -OCH3 is 1. The fraction of sp³-hybridized carbons (Fsp3) is 0.286. The lowest BCUT2D eigenvalue weighted by molar-refractivity contribution is 0.160. The Morgan fingerprint density at radius 2 is 2.55 bits per heavy atom. The molecular weight excluding hydrogens is 144 g/mol. The zero-order valence-electron chi connectivity index (χ0n) is 6.24. The van der Waals surface area contributed by atoms with E-state index in [0.29, 0.717) is 6.54 Å². The summed E-state index contributed by atoms with van der Waals surface area (Å²) in [4.78, 5) is 3.97. The smallest absolute Gasteiger partial charge is 0.122 e. The van der Waals surface area contributed by atoms with Gasteiger partial charge in [0.1, 0.15) is 5.75 Å². The maximum atomic E-state index is 8.35. The normalized spacial score (nSPS) is 9.64. The molecule has 0 radical (unpaired) electrons. The predicted molar refractivity (Wildman–Crippen MR) is 39.4 cm³/mol. The number of hydroxylamine groups is 1. The highest BCUT2D eigenvalue weighted by atomic mass is 16.5. The number of nitrogens with zero attached hydrogens (tertiary/aromatic N) is 1. The SMILES string of the molecule is COc1ccnc(CNO)c1. The molecule has 0 aliphatic heterocycles. The van der Waals surface area contributed by atoms with Gasteiger partial charge in [0, 0.05) is 12.3 Å². The average molecular weight is 154 g/mol. The Morgan fingerprint density at radius 3 is 3.18 bits per heavy atom. The van der Waals surface area contributed by atoms with E-state index in [1.165, 1.54) is 0 Å². The first-order valence-corrected chi connectivity index (χ1v) is 3.22. The van der Waals surface area contributed by atoms with Crippen LogP contribution >= 0.6 is 0 Å². The molecule has 1 rings (SSSR count). The molecule has 0 atom stereocenters. The summed E-state index contributed by atoms with van der Waals surface area (Å²) in [6.07, 6.45) is 1.63. The number of hydrogen-bond donors (Lipinski definition) is 2. The molecule has 1 aromatic rings. The molecule has 0 amide bonds. The molecule has 4 heteroatoms. The maximum Gasteiger partial charge on any atom is 0.122 e. The van der Waals surface area contributed by atoms with Gasteiger partial charge in [0.25, 0.3) is 0 Å². The lowest BCUT2D eigenvalue weighted by atomic mass is 10.3. The molecule has 4 nitrogen and oxygen atoms in total. The highest BCUT2D eigenvalue weighted by Gasteiger charge is 1.94. The van der Waals surface area contributed by atoms with E-state index in [0.717, 1.165) is 11.4 Å². The third-order valence-electron chi connectivity index (χ3n) is 1.28. The molecule has 0 spiro atoms. The topological polar surface area (TPSA) is 54.4 Å². The molecule has 0 aliphatic carbocycles. The first kappa shape index (κ1) is 7.97. The van der Waals surface area contributed by atoms with Gasteiger partial charge in [-0.05, 0) is 6.07 Å². The number of aromatic nitrogens is 1. The molecule has 0 bridgehead atoms. The van der Waals surface area contributed by atoms with Gasteiger partial charge in [0.15, 0.2) is 0 Å². The van der Waals surface area contributed by atoms with E-state index in [-0.39, 0.29) is 0 Å². The summed E-state index contributed by atoms with van der Waals surface area (Å²) in [5, 5.41) is 8.35. The van der Waals surface area contributed by atoms with Crippen molar-refractivity contribution in [2.45, 2.75) is 6.54 Å². The fourth-order valence-electron chi connectivity index (χ4n) is 0.761. The van der Waals surface area contributed by atoms with Gasteiger partial charge in [-0.2, -0.15) is 5.48 Å². The predicted octanol–water partition coefficient (Wildman–Crippen LogP) is 0.569. The monoisotopic (exact) mass is 154 g/mol. The molecule has 1 heterocycles. The van der Waals surface area contributed by atoms with E-state index in [1.807, 2.05) is 5.48 Å². The summed E-state index contributed by atoms with van der Waals surface area (Å²) in [5.41, 5.74) is 2.76. The van der Waals surface area contributed by atoms with Crippen molar-refractivity contribution in [2.75, 3.05) is 7.11 Å². The minimum Gasteiger partial charge on any atom is -0.497 e. The van der Waals surface area contributed by atoms with Crippen molar-refractivity contribution in [1.29, 1.82) is 0 Å². The Hall–Kier alpha value is -1.13. The van der Waals surface area contributed by atoms with Crippen molar-refractivity contribution in [1.82, 2.24) is 10.5 Å². The third-order valence-corrected chi connectivity index (χ3v) is 1.28. The summed E-state index contributed by atoms with van der Waals surface area (Å²) in [7, 11) is 1.59. The second-order valence-corrected chi connectivity index (χ2v) is 2.02. The Kier molecular flexibility index (Phi) is 2.83. The van der Waals surface area contributed by atoms with Crippen molar-refractivity contribution in [3.05, 3.63) is 24.0 Å². The number of pyridine rings is 1. The van der Waals surface area contributed by atoms with Gasteiger partial charge in [0.2, 0.25) is 0 Å². The van der Waals surface area contributed by atoms with E-state index in [9.17, 15) is 0 Å². The molecule has 0 aliphatic rings. The van der Waals surface area contributed by atoms with E-state index >= 15 is 0 Å². The van der Waals surface area contributed by atoms with Crippen molar-refractivity contribution in [3.8, 4) is 5.75 Å². The quantitative estimate of drug-likeness (QED) is 0.625. The largest absolute Gasteiger partial charge is 0.497 e. The summed E-state index contributed by atoms with van der Waals surface area (Å²) in [5.74, 6) is 0.741. The molecule has 0 aromatic carbocycles. The lowest BCUT2D eigenvalue weighted by Gasteiger charge is -2.01. The van der Waals surface area contributed by atoms with Crippen LogP contribution in [0.3, 0.4) is 0 Å². The summed E-state index contributed by atoms with van der Waals surface area (Å²) in [6.45, 7) is 0.331. The van der Waals surface area contributed by atoms with Gasteiger partial charge in [-0.25, -0.2) is 0 Å². The highest BCUT2D eigenvalue weighted by Crippen LogP contribution is 2.08. The van der Waals surface area contributed by atoms with Crippen LogP contribution in [-0.2, 0) is 6.54 Å². The fourth-order valence-corrected chi connectivity index (χ4v) is 0.761. The average Bonchev–Trinajstić information content (AvgIpc) is 2.06. The number of nitrogens with one attached hydrogen (secondary N) is 1. The van der Waals surface area contributed by atoms with Crippen molar-refractivity contribution >= 4 is 0 Å². The van der Waals surface area contributed by atoms with Crippen LogP contribution in [0.15, 0.2) is 18.3 Å². The van der Waals surface area contributed by atoms with E-state index < -0.39 is 0 Å². The molecule has 0 unspecified atom stereocenters. The zero-order valence-corrected chi connectivity index (χ0v) is 6.24. The van der Waals surface area contributed by atoms with Crippen LogP contribution in [0, 0.1) is 0 Å². The van der Waals surface area contributed by atoms with Crippen molar-refractivity contribution in [2.24, 2.45) is 0 Å². The molecule has 1 aromatic heterocycles. The van der Waals surface area contributed by atoms with Crippen molar-refractivity contribution in [3.63, 3.8) is 0 Å². The highest BCUT2D eigenvalue weighted by molar-refractivity contribution is 5.22. The molecule has 11 heavy (non-hydrogen) atoms. The molecule has 60 valence electrons. The zero-order chi connectivity index (χ0) is 8.10. The maximum absolute atomic E-state index is 8.35. The van der Waals surface area contributed by atoms with E-state index in [1.54, 1.807) is 25.4 Å². The van der Waals surface area contributed by atoms with Gasteiger partial charge < -0.3 is 9.94 Å². The van der Waals surface area contributed by atoms with E-state index in [4.69, 9.17) is 9.94 Å². The number of rotatable bonds is 3. The number of ether oxygens (including phenoxy) is 1. The number of hydrogen-bond acceptors (Lipinski definition) is 4. The van der Waals surface area contributed by atoms with Gasteiger partial charge in [-0.1, -0.05) is 0 Å². The minimum atomic E-state index is 0.331. The molecular formula is C7H10N2O2. The lowest BCUT2D eigenvalue weighted by Crippen LogP contribution is -2.07. The Balaban J connectivity index is 2.74. The van der Waals surface area contributed by atoms with Gasteiger partial charge >= 0.3 is 0 Å². The Bertz CT molecular complexity index is 227. The molecule has 0 saturated carbocycles. The van der Waals surface area contributed by atoms with Crippen LogP contribution in [-0.4, -0.2) is 17.3 Å². The van der Waals surface area contributed by atoms with Gasteiger partial charge in [-0.3, -0.25) is 4.98 Å². The van der Waals surface area contributed by atoms with Crippen LogP contribution in [0.5, 0.6) is 5.75 Å². The Morgan fingerprint density at radius 1 is 1.73 bits per heavy atom. The van der Waals surface area contributed by atoms with Gasteiger partial charge in [0.05, 0.1) is 19.3 Å². The first-order chi connectivity index (χ1) is 5.36. The first-order valence-electron chi connectivity index (χ1n) is 3.22. The summed E-state index contributed by atoms with van der Waals surface area (Å²) < 4.78 is 4.95. The molecule has 0 saturated heterocycles. The minimum absolute atomic E-state index is 0.331. The summed E-state index contributed by atoms with van der Waals surface area (Å²) in [6, 6.07) is 3.50. The van der Waals surface area contributed by atoms with Crippen LogP contribution in [0.2, 0.25) is 0 Å². The molecule has 0 fully saturated rings. The molecule has 2 N–H and O–H groups in total. The van der Waals surface area contributed by atoms with Crippen LogP contribution in [0.1, 0.15) is 5.69 Å². The van der Waals surface area contributed by atoms with E-state index in [2.05, 4.69) is 4.98 Å².